The number of para-hydroxylation sites is 1. The van der Waals surface area contributed by atoms with Crippen LogP contribution in [0.1, 0.15) is 15.9 Å². The third-order valence-electron chi connectivity index (χ3n) is 4.98. The fourth-order valence-electron chi connectivity index (χ4n) is 3.13. The van der Waals surface area contributed by atoms with Crippen molar-refractivity contribution in [3.8, 4) is 5.75 Å². The van der Waals surface area contributed by atoms with Gasteiger partial charge in [-0.3, -0.25) is 4.79 Å². The molecule has 0 fully saturated rings. The summed E-state index contributed by atoms with van der Waals surface area (Å²) in [7, 11) is 0. The number of alkyl halides is 2. The Hall–Kier alpha value is -2.51. The van der Waals surface area contributed by atoms with Crippen molar-refractivity contribution in [2.75, 3.05) is 92.5 Å². The number of ether oxygens (including phenoxy) is 8. The zero-order valence-corrected chi connectivity index (χ0v) is 22.1. The summed E-state index contributed by atoms with van der Waals surface area (Å²) in [6.07, 6.45) is 0. The summed E-state index contributed by atoms with van der Waals surface area (Å²) in [4.78, 5) is 12.7. The molecule has 2 rings (SSSR count). The van der Waals surface area contributed by atoms with Crippen molar-refractivity contribution in [1.82, 2.24) is 0 Å². The van der Waals surface area contributed by atoms with Gasteiger partial charge in [0.2, 0.25) is 0 Å². The Morgan fingerprint density at radius 1 is 0.538 bits per heavy atom. The van der Waals surface area contributed by atoms with Crippen molar-refractivity contribution < 1.29 is 51.5 Å². The van der Waals surface area contributed by atoms with E-state index in [1.807, 2.05) is 30.3 Å². The molecule has 0 aliphatic carbocycles. The Labute approximate surface area is 228 Å². The third kappa shape index (κ3) is 16.3. The maximum atomic E-state index is 12.7. The minimum Gasteiger partial charge on any atom is -0.490 e. The van der Waals surface area contributed by atoms with Gasteiger partial charge >= 0.3 is 6.61 Å². The number of rotatable bonds is 25. The number of halogens is 2. The molecule has 0 atom stereocenters. The molecule has 0 N–H and O–H groups in total. The molecule has 11 heteroatoms. The number of ketones is 1. The highest BCUT2D eigenvalue weighted by atomic mass is 19.3. The fourth-order valence-corrected chi connectivity index (χ4v) is 3.13. The van der Waals surface area contributed by atoms with Crippen LogP contribution in [0.3, 0.4) is 0 Å². The Bertz CT molecular complexity index is 871. The molecular formula is C28H38F2O9. The molecule has 0 amide bonds. The Kier molecular flexibility index (Phi) is 18.7. The lowest BCUT2D eigenvalue weighted by Gasteiger charge is -2.11. The van der Waals surface area contributed by atoms with Gasteiger partial charge in [0.1, 0.15) is 12.4 Å². The van der Waals surface area contributed by atoms with Gasteiger partial charge in [-0.1, -0.05) is 42.5 Å². The van der Waals surface area contributed by atoms with Gasteiger partial charge in [-0.05, 0) is 12.1 Å². The molecule has 0 aromatic heterocycles. The summed E-state index contributed by atoms with van der Waals surface area (Å²) in [5, 5.41) is 0. The first-order valence-electron chi connectivity index (χ1n) is 12.9. The van der Waals surface area contributed by atoms with Crippen molar-refractivity contribution in [2.24, 2.45) is 0 Å². The standard InChI is InChI=1S/C28H38F2O9/c29-28(30)39-23-21-37-19-17-35-15-13-33-11-10-32-12-14-34-16-18-36-20-22-38-26-9-5-4-8-25(26)27(31)24-6-2-1-3-7-24/h1-9,28H,10-23H2. The van der Waals surface area contributed by atoms with Crippen LogP contribution in [0, 0.1) is 0 Å². The van der Waals surface area contributed by atoms with E-state index >= 15 is 0 Å². The molecule has 0 unspecified atom stereocenters. The Morgan fingerprint density at radius 3 is 1.44 bits per heavy atom. The summed E-state index contributed by atoms with van der Waals surface area (Å²) in [6.45, 7) is 1.99. The molecule has 0 radical (unpaired) electrons. The van der Waals surface area contributed by atoms with Gasteiger partial charge in [-0.25, -0.2) is 0 Å². The lowest BCUT2D eigenvalue weighted by Crippen LogP contribution is -2.15. The van der Waals surface area contributed by atoms with Crippen molar-refractivity contribution in [3.63, 3.8) is 0 Å². The van der Waals surface area contributed by atoms with Crippen LogP contribution in [0.4, 0.5) is 8.78 Å². The minimum absolute atomic E-state index is 0.0822. The van der Waals surface area contributed by atoms with E-state index in [2.05, 4.69) is 4.74 Å². The van der Waals surface area contributed by atoms with Gasteiger partial charge in [0, 0.05) is 5.56 Å². The first kappa shape index (κ1) is 32.7. The number of benzene rings is 2. The maximum absolute atomic E-state index is 12.7. The molecule has 218 valence electrons. The quantitative estimate of drug-likeness (QED) is 0.134. The first-order chi connectivity index (χ1) is 19.2. The molecule has 0 aliphatic rings. The highest BCUT2D eigenvalue weighted by Crippen LogP contribution is 2.21. The summed E-state index contributed by atoms with van der Waals surface area (Å²) >= 11 is 0. The lowest BCUT2D eigenvalue weighted by molar-refractivity contribution is -0.140. The van der Waals surface area contributed by atoms with Crippen LogP contribution in [-0.4, -0.2) is 105 Å². The monoisotopic (exact) mass is 556 g/mol. The van der Waals surface area contributed by atoms with Gasteiger partial charge in [-0.2, -0.15) is 8.78 Å². The number of hydrogen-bond donors (Lipinski definition) is 0. The zero-order chi connectivity index (χ0) is 27.8. The van der Waals surface area contributed by atoms with E-state index in [4.69, 9.17) is 33.2 Å². The van der Waals surface area contributed by atoms with Crippen LogP contribution in [-0.2, 0) is 33.2 Å². The molecule has 0 spiro atoms. The molecule has 2 aromatic rings. The van der Waals surface area contributed by atoms with E-state index in [-0.39, 0.29) is 19.0 Å². The fraction of sp³-hybridized carbons (Fsp3) is 0.536. The largest absolute Gasteiger partial charge is 0.490 e. The second-order valence-corrected chi connectivity index (χ2v) is 7.85. The summed E-state index contributed by atoms with van der Waals surface area (Å²) < 4.78 is 65.4. The lowest BCUT2D eigenvalue weighted by atomic mass is 10.0. The minimum atomic E-state index is -2.77. The van der Waals surface area contributed by atoms with Gasteiger partial charge in [0.15, 0.2) is 5.78 Å². The second-order valence-electron chi connectivity index (χ2n) is 7.85. The molecular weight excluding hydrogens is 518 g/mol. The van der Waals surface area contributed by atoms with Gasteiger partial charge in [0.05, 0.1) is 91.5 Å². The topological polar surface area (TPSA) is 90.9 Å². The molecule has 9 nitrogen and oxygen atoms in total. The summed E-state index contributed by atoms with van der Waals surface area (Å²) in [6, 6.07) is 16.3. The van der Waals surface area contributed by atoms with Crippen LogP contribution >= 0.6 is 0 Å². The van der Waals surface area contributed by atoms with E-state index < -0.39 is 6.61 Å². The number of carbonyl (C=O) groups is 1. The van der Waals surface area contributed by atoms with E-state index in [9.17, 15) is 13.6 Å². The number of carbonyl (C=O) groups excluding carboxylic acids is 1. The number of hydrogen-bond acceptors (Lipinski definition) is 9. The van der Waals surface area contributed by atoms with E-state index in [0.29, 0.717) is 96.2 Å². The average molecular weight is 557 g/mol. The predicted octanol–water partition coefficient (Wildman–Crippen LogP) is 3.64. The van der Waals surface area contributed by atoms with E-state index in [1.54, 1.807) is 24.3 Å². The Balaban J connectivity index is 1.34. The second kappa shape index (κ2) is 22.3. The molecule has 0 heterocycles. The molecule has 2 aromatic carbocycles. The van der Waals surface area contributed by atoms with Gasteiger partial charge < -0.3 is 37.9 Å². The SMILES string of the molecule is O=C(c1ccccc1)c1ccccc1OCCOCCOCCOCCOCCOCCOCCOC(F)F. The van der Waals surface area contributed by atoms with Crippen LogP contribution in [0.15, 0.2) is 54.6 Å². The molecule has 0 bridgehead atoms. The van der Waals surface area contributed by atoms with Crippen LogP contribution in [0.2, 0.25) is 0 Å². The molecule has 0 saturated heterocycles. The first-order valence-corrected chi connectivity index (χ1v) is 12.9. The van der Waals surface area contributed by atoms with Crippen molar-refractivity contribution in [1.29, 1.82) is 0 Å². The van der Waals surface area contributed by atoms with E-state index in [1.165, 1.54) is 0 Å². The van der Waals surface area contributed by atoms with Crippen LogP contribution in [0.5, 0.6) is 5.75 Å². The summed E-state index contributed by atoms with van der Waals surface area (Å²) in [5.74, 6) is 0.448. The highest BCUT2D eigenvalue weighted by Gasteiger charge is 2.13. The van der Waals surface area contributed by atoms with Crippen molar-refractivity contribution in [3.05, 3.63) is 65.7 Å². The highest BCUT2D eigenvalue weighted by molar-refractivity contribution is 6.10. The zero-order valence-electron chi connectivity index (χ0n) is 22.1. The third-order valence-corrected chi connectivity index (χ3v) is 4.98. The van der Waals surface area contributed by atoms with Gasteiger partial charge in [-0.15, -0.1) is 0 Å². The maximum Gasteiger partial charge on any atom is 0.345 e. The molecule has 39 heavy (non-hydrogen) atoms. The van der Waals surface area contributed by atoms with E-state index in [0.717, 1.165) is 0 Å². The summed E-state index contributed by atoms with van der Waals surface area (Å²) in [5.41, 5.74) is 1.13. The predicted molar refractivity (Wildman–Crippen MR) is 139 cm³/mol. The van der Waals surface area contributed by atoms with Crippen molar-refractivity contribution >= 4 is 5.78 Å². The normalized spacial score (nSPS) is 11.3. The Morgan fingerprint density at radius 2 is 0.949 bits per heavy atom. The van der Waals surface area contributed by atoms with Crippen LogP contribution in [0.25, 0.3) is 0 Å². The smallest absolute Gasteiger partial charge is 0.345 e. The molecule has 0 saturated carbocycles. The van der Waals surface area contributed by atoms with Crippen LogP contribution < -0.4 is 4.74 Å². The van der Waals surface area contributed by atoms with Gasteiger partial charge in [0.25, 0.3) is 0 Å². The average Bonchev–Trinajstić information content (AvgIpc) is 2.96. The molecule has 0 aliphatic heterocycles. The van der Waals surface area contributed by atoms with Crippen molar-refractivity contribution in [2.45, 2.75) is 6.61 Å².